The summed E-state index contributed by atoms with van der Waals surface area (Å²) >= 11 is 0. The number of ether oxygens (including phenoxy) is 1. The minimum atomic E-state index is -0.753. The molecule has 3 atom stereocenters. The molecule has 1 aromatic rings. The van der Waals surface area contributed by atoms with E-state index in [9.17, 15) is 9.90 Å². The fourth-order valence-electron chi connectivity index (χ4n) is 3.63. The molecule has 5 nitrogen and oxygen atoms in total. The highest BCUT2D eigenvalue weighted by Gasteiger charge is 2.27. The number of hydrogen-bond acceptors (Lipinski definition) is 4. The van der Waals surface area contributed by atoms with Gasteiger partial charge in [0.2, 0.25) is 0 Å². The van der Waals surface area contributed by atoms with Crippen LogP contribution in [0, 0.1) is 26.7 Å². The summed E-state index contributed by atoms with van der Waals surface area (Å²) in [4.78, 5) is 12.8. The molecule has 0 spiro atoms. The van der Waals surface area contributed by atoms with Crippen LogP contribution in [-0.4, -0.2) is 42.5 Å². The number of rotatable bonds is 7. The van der Waals surface area contributed by atoms with Crippen LogP contribution in [0.4, 0.5) is 0 Å². The second-order valence-electron chi connectivity index (χ2n) is 7.64. The van der Waals surface area contributed by atoms with Crippen LogP contribution in [0.25, 0.3) is 0 Å². The lowest BCUT2D eigenvalue weighted by molar-refractivity contribution is -0.0718. The van der Waals surface area contributed by atoms with Gasteiger partial charge in [0.15, 0.2) is 6.29 Å². The molecule has 0 radical (unpaired) electrons. The Morgan fingerprint density at radius 1 is 1.28 bits per heavy atom. The predicted octanol–water partition coefficient (Wildman–Crippen LogP) is 2.45. The van der Waals surface area contributed by atoms with Gasteiger partial charge in [-0.15, -0.1) is 0 Å². The van der Waals surface area contributed by atoms with Gasteiger partial charge in [-0.05, 0) is 50.7 Å². The number of aliphatic hydroxyl groups excluding tert-OH is 1. The van der Waals surface area contributed by atoms with Crippen molar-refractivity contribution in [3.8, 4) is 0 Å². The molecule has 1 unspecified atom stereocenters. The second kappa shape index (κ2) is 8.79. The number of aryl methyl sites for hydroxylation is 3. The van der Waals surface area contributed by atoms with Crippen molar-refractivity contribution in [2.24, 2.45) is 5.92 Å². The zero-order chi connectivity index (χ0) is 18.6. The molecule has 1 heterocycles. The fourth-order valence-corrected chi connectivity index (χ4v) is 3.63. The average molecular weight is 348 g/mol. The highest BCUT2D eigenvalue weighted by molar-refractivity contribution is 5.97. The molecule has 0 aliphatic carbocycles. The van der Waals surface area contributed by atoms with E-state index in [1.54, 1.807) is 0 Å². The van der Waals surface area contributed by atoms with Crippen LogP contribution in [0.15, 0.2) is 12.1 Å². The van der Waals surface area contributed by atoms with E-state index < -0.39 is 6.29 Å². The first-order valence-electron chi connectivity index (χ1n) is 9.19. The summed E-state index contributed by atoms with van der Waals surface area (Å²) in [6.07, 6.45) is 0.920. The molecule has 0 saturated carbocycles. The van der Waals surface area contributed by atoms with E-state index in [1.165, 1.54) is 5.56 Å². The van der Waals surface area contributed by atoms with Gasteiger partial charge < -0.3 is 20.5 Å². The SMILES string of the molecule is Cc1cc(C)c(C(=O)N[C@@H](CN[C@H]2CCOC2O)CC(C)C)c(C)c1. The molecule has 3 N–H and O–H groups in total. The van der Waals surface area contributed by atoms with Gasteiger partial charge in [-0.3, -0.25) is 4.79 Å². The van der Waals surface area contributed by atoms with Crippen molar-refractivity contribution in [1.29, 1.82) is 0 Å². The van der Waals surface area contributed by atoms with E-state index in [2.05, 4.69) is 24.5 Å². The van der Waals surface area contributed by atoms with Crippen molar-refractivity contribution < 1.29 is 14.6 Å². The Bertz CT molecular complexity index is 578. The Labute approximate surface area is 151 Å². The zero-order valence-electron chi connectivity index (χ0n) is 16.1. The van der Waals surface area contributed by atoms with E-state index in [0.29, 0.717) is 19.1 Å². The normalized spacial score (nSPS) is 21.6. The highest BCUT2D eigenvalue weighted by atomic mass is 16.6. The molecule has 25 heavy (non-hydrogen) atoms. The van der Waals surface area contributed by atoms with Gasteiger partial charge in [-0.1, -0.05) is 31.5 Å². The number of benzene rings is 1. The van der Waals surface area contributed by atoms with Crippen molar-refractivity contribution in [3.63, 3.8) is 0 Å². The van der Waals surface area contributed by atoms with Crippen LogP contribution >= 0.6 is 0 Å². The molecule has 1 amide bonds. The van der Waals surface area contributed by atoms with Crippen molar-refractivity contribution in [2.75, 3.05) is 13.2 Å². The predicted molar refractivity (Wildman–Crippen MR) is 99.7 cm³/mol. The third-order valence-electron chi connectivity index (χ3n) is 4.68. The third kappa shape index (κ3) is 5.53. The maximum atomic E-state index is 12.8. The topological polar surface area (TPSA) is 70.6 Å². The Kier molecular flexibility index (Phi) is 6.99. The Morgan fingerprint density at radius 3 is 2.44 bits per heavy atom. The lowest BCUT2D eigenvalue weighted by Crippen LogP contribution is -2.47. The van der Waals surface area contributed by atoms with E-state index in [1.807, 2.05) is 32.9 Å². The third-order valence-corrected chi connectivity index (χ3v) is 4.68. The minimum absolute atomic E-state index is 0.0143. The molecular weight excluding hydrogens is 316 g/mol. The molecule has 1 saturated heterocycles. The van der Waals surface area contributed by atoms with Crippen LogP contribution in [0.5, 0.6) is 0 Å². The quantitative estimate of drug-likeness (QED) is 0.708. The number of carbonyl (C=O) groups is 1. The van der Waals surface area contributed by atoms with Crippen LogP contribution in [0.2, 0.25) is 0 Å². The maximum absolute atomic E-state index is 12.8. The Hall–Kier alpha value is -1.43. The van der Waals surface area contributed by atoms with Gasteiger partial charge in [0, 0.05) is 18.2 Å². The molecule has 1 aromatic carbocycles. The van der Waals surface area contributed by atoms with Crippen molar-refractivity contribution in [3.05, 3.63) is 34.4 Å². The van der Waals surface area contributed by atoms with Crippen LogP contribution in [0.3, 0.4) is 0 Å². The average Bonchev–Trinajstić information content (AvgIpc) is 2.88. The Morgan fingerprint density at radius 2 is 1.92 bits per heavy atom. The van der Waals surface area contributed by atoms with Gasteiger partial charge in [-0.2, -0.15) is 0 Å². The van der Waals surface area contributed by atoms with Crippen molar-refractivity contribution in [2.45, 2.75) is 65.8 Å². The molecular formula is C20H32N2O3. The second-order valence-corrected chi connectivity index (χ2v) is 7.64. The first-order valence-corrected chi connectivity index (χ1v) is 9.19. The van der Waals surface area contributed by atoms with E-state index >= 15 is 0 Å². The number of aliphatic hydroxyl groups is 1. The number of nitrogens with one attached hydrogen (secondary N) is 2. The highest BCUT2D eigenvalue weighted by Crippen LogP contribution is 2.17. The Balaban J connectivity index is 2.04. The smallest absolute Gasteiger partial charge is 0.252 e. The summed E-state index contributed by atoms with van der Waals surface area (Å²) in [6, 6.07) is 4.04. The van der Waals surface area contributed by atoms with Crippen LogP contribution in [0.1, 0.15) is 53.7 Å². The van der Waals surface area contributed by atoms with Crippen LogP contribution in [-0.2, 0) is 4.74 Å². The van der Waals surface area contributed by atoms with Crippen molar-refractivity contribution in [1.82, 2.24) is 10.6 Å². The first-order chi connectivity index (χ1) is 11.8. The fraction of sp³-hybridized carbons (Fsp3) is 0.650. The number of amides is 1. The molecule has 1 aliphatic rings. The summed E-state index contributed by atoms with van der Waals surface area (Å²) in [5, 5.41) is 16.3. The van der Waals surface area contributed by atoms with Gasteiger partial charge in [0.25, 0.3) is 5.91 Å². The number of carbonyl (C=O) groups excluding carboxylic acids is 1. The van der Waals surface area contributed by atoms with E-state index in [0.717, 1.165) is 29.5 Å². The van der Waals surface area contributed by atoms with Gasteiger partial charge >= 0.3 is 0 Å². The number of hydrogen-bond donors (Lipinski definition) is 3. The molecule has 0 aromatic heterocycles. The lowest BCUT2D eigenvalue weighted by atomic mass is 9.98. The zero-order valence-corrected chi connectivity index (χ0v) is 16.1. The molecule has 0 bridgehead atoms. The lowest BCUT2D eigenvalue weighted by Gasteiger charge is -2.24. The van der Waals surface area contributed by atoms with E-state index in [-0.39, 0.29) is 18.0 Å². The summed E-state index contributed by atoms with van der Waals surface area (Å²) < 4.78 is 5.18. The summed E-state index contributed by atoms with van der Waals surface area (Å²) in [6.45, 7) is 11.5. The summed E-state index contributed by atoms with van der Waals surface area (Å²) in [5.74, 6) is 0.447. The summed E-state index contributed by atoms with van der Waals surface area (Å²) in [5.41, 5.74) is 3.95. The van der Waals surface area contributed by atoms with Crippen LogP contribution < -0.4 is 10.6 Å². The van der Waals surface area contributed by atoms with E-state index in [4.69, 9.17) is 4.74 Å². The molecule has 1 aliphatic heterocycles. The monoisotopic (exact) mass is 348 g/mol. The maximum Gasteiger partial charge on any atom is 0.252 e. The summed E-state index contributed by atoms with van der Waals surface area (Å²) in [7, 11) is 0. The largest absolute Gasteiger partial charge is 0.367 e. The standard InChI is InChI=1S/C20H32N2O3/c1-12(2)8-16(11-21-17-6-7-25-20(17)24)22-19(23)18-14(4)9-13(3)10-15(18)5/h9-10,12,16-17,20-21,24H,6-8,11H2,1-5H3,(H,22,23)/t16-,17+,20?/m1/s1. The minimum Gasteiger partial charge on any atom is -0.367 e. The molecule has 1 fully saturated rings. The molecule has 2 rings (SSSR count). The van der Waals surface area contributed by atoms with Gasteiger partial charge in [-0.25, -0.2) is 0 Å². The molecule has 5 heteroatoms. The van der Waals surface area contributed by atoms with Gasteiger partial charge in [0.05, 0.1) is 12.6 Å². The first kappa shape index (κ1) is 19.9. The van der Waals surface area contributed by atoms with Crippen molar-refractivity contribution >= 4 is 5.91 Å². The molecule has 140 valence electrons. The van der Waals surface area contributed by atoms with Gasteiger partial charge in [0.1, 0.15) is 0 Å².